The third-order valence-corrected chi connectivity index (χ3v) is 8.31. The fourth-order valence-corrected chi connectivity index (χ4v) is 5.94. The minimum absolute atomic E-state index is 0.0273. The lowest BCUT2D eigenvalue weighted by molar-refractivity contribution is -0.119. The fraction of sp³-hybridized carbons (Fsp3) is 0.333. The summed E-state index contributed by atoms with van der Waals surface area (Å²) in [6.45, 7) is 2.12. The van der Waals surface area contributed by atoms with Crippen molar-refractivity contribution < 1.29 is 31.2 Å². The minimum Gasteiger partial charge on any atom is -0.452 e. The van der Waals surface area contributed by atoms with E-state index in [1.165, 1.54) is 46.8 Å². The second-order valence-electron chi connectivity index (χ2n) is 7.29. The summed E-state index contributed by atoms with van der Waals surface area (Å²) in [4.78, 5) is 24.5. The zero-order chi connectivity index (χ0) is 24.1. The summed E-state index contributed by atoms with van der Waals surface area (Å²) in [6, 6.07) is 11.1. The SMILES string of the molecule is CCNS(=O)(=O)c1cccc(C(=O)OCC(=O)Nc2cccc(S(=O)(=O)N3CCCC3)c2)c1. The van der Waals surface area contributed by atoms with Crippen LogP contribution in [0.2, 0.25) is 0 Å². The molecule has 1 aliphatic heterocycles. The van der Waals surface area contributed by atoms with Gasteiger partial charge in [-0.2, -0.15) is 4.31 Å². The number of carbonyl (C=O) groups is 2. The fourth-order valence-electron chi connectivity index (χ4n) is 3.29. The number of anilines is 1. The Hall–Kier alpha value is -2.80. The van der Waals surface area contributed by atoms with E-state index < -0.39 is 38.5 Å². The van der Waals surface area contributed by atoms with Gasteiger partial charge in [0.05, 0.1) is 15.4 Å². The van der Waals surface area contributed by atoms with Crippen LogP contribution in [0.25, 0.3) is 0 Å². The molecule has 0 bridgehead atoms. The third kappa shape index (κ3) is 6.16. The van der Waals surface area contributed by atoms with Crippen molar-refractivity contribution in [2.45, 2.75) is 29.6 Å². The molecule has 12 heteroatoms. The van der Waals surface area contributed by atoms with Gasteiger partial charge in [0, 0.05) is 25.3 Å². The summed E-state index contributed by atoms with van der Waals surface area (Å²) in [5, 5.41) is 2.50. The zero-order valence-corrected chi connectivity index (χ0v) is 19.6. The molecule has 0 radical (unpaired) electrons. The number of sulfonamides is 2. The molecule has 178 valence electrons. The van der Waals surface area contributed by atoms with Gasteiger partial charge in [-0.3, -0.25) is 4.79 Å². The number of amides is 1. The molecule has 0 aliphatic carbocycles. The molecule has 33 heavy (non-hydrogen) atoms. The largest absolute Gasteiger partial charge is 0.452 e. The zero-order valence-electron chi connectivity index (χ0n) is 18.0. The Morgan fingerprint density at radius 3 is 2.33 bits per heavy atom. The summed E-state index contributed by atoms with van der Waals surface area (Å²) < 4.78 is 58.2. The molecule has 2 aromatic rings. The quantitative estimate of drug-likeness (QED) is 0.503. The van der Waals surface area contributed by atoms with Crippen molar-refractivity contribution in [3.63, 3.8) is 0 Å². The number of rotatable bonds is 9. The predicted octanol–water partition coefficient (Wildman–Crippen LogP) is 1.56. The first kappa shape index (κ1) is 24.8. The van der Waals surface area contributed by atoms with E-state index in [1.54, 1.807) is 6.92 Å². The number of nitrogens with one attached hydrogen (secondary N) is 2. The van der Waals surface area contributed by atoms with Gasteiger partial charge in [-0.1, -0.05) is 19.1 Å². The molecule has 1 fully saturated rings. The van der Waals surface area contributed by atoms with Gasteiger partial charge >= 0.3 is 5.97 Å². The lowest BCUT2D eigenvalue weighted by atomic mass is 10.2. The summed E-state index contributed by atoms with van der Waals surface area (Å²) in [7, 11) is -7.39. The monoisotopic (exact) mass is 495 g/mol. The maximum Gasteiger partial charge on any atom is 0.338 e. The summed E-state index contributed by atoms with van der Waals surface area (Å²) in [6.07, 6.45) is 1.62. The first-order valence-electron chi connectivity index (χ1n) is 10.3. The van der Waals surface area contributed by atoms with Crippen molar-refractivity contribution >= 4 is 37.6 Å². The van der Waals surface area contributed by atoms with Crippen LogP contribution in [0.3, 0.4) is 0 Å². The van der Waals surface area contributed by atoms with Gasteiger partial charge in [-0.05, 0) is 49.2 Å². The van der Waals surface area contributed by atoms with Crippen LogP contribution in [0.5, 0.6) is 0 Å². The molecular weight excluding hydrogens is 470 g/mol. The van der Waals surface area contributed by atoms with Crippen LogP contribution < -0.4 is 10.0 Å². The predicted molar refractivity (Wildman–Crippen MR) is 121 cm³/mol. The van der Waals surface area contributed by atoms with Gasteiger partial charge in [-0.15, -0.1) is 0 Å². The molecular formula is C21H25N3O7S2. The topological polar surface area (TPSA) is 139 Å². The van der Waals surface area contributed by atoms with E-state index in [1.807, 2.05) is 0 Å². The van der Waals surface area contributed by atoms with Gasteiger partial charge < -0.3 is 10.1 Å². The molecule has 0 spiro atoms. The van der Waals surface area contributed by atoms with Crippen LogP contribution >= 0.6 is 0 Å². The van der Waals surface area contributed by atoms with E-state index in [0.29, 0.717) is 13.1 Å². The van der Waals surface area contributed by atoms with Crippen molar-refractivity contribution in [1.29, 1.82) is 0 Å². The second kappa shape index (κ2) is 10.4. The second-order valence-corrected chi connectivity index (χ2v) is 11.0. The van der Waals surface area contributed by atoms with Gasteiger partial charge in [-0.25, -0.2) is 26.4 Å². The van der Waals surface area contributed by atoms with Crippen LogP contribution in [-0.2, 0) is 29.6 Å². The van der Waals surface area contributed by atoms with Crippen LogP contribution in [0, 0.1) is 0 Å². The van der Waals surface area contributed by atoms with E-state index in [2.05, 4.69) is 10.0 Å². The van der Waals surface area contributed by atoms with E-state index in [-0.39, 0.29) is 27.6 Å². The van der Waals surface area contributed by atoms with E-state index in [0.717, 1.165) is 18.9 Å². The Bertz CT molecular complexity index is 1240. The Morgan fingerprint density at radius 1 is 0.970 bits per heavy atom. The standard InChI is InChI=1S/C21H25N3O7S2/c1-2-22-32(27,28)18-9-5-7-16(13-18)21(26)31-15-20(25)23-17-8-6-10-19(14-17)33(29,30)24-11-3-4-12-24/h5-10,13-14,22H,2-4,11-12,15H2,1H3,(H,23,25). The molecule has 10 nitrogen and oxygen atoms in total. The average molecular weight is 496 g/mol. The van der Waals surface area contributed by atoms with Crippen molar-refractivity contribution in [3.8, 4) is 0 Å². The molecule has 1 saturated heterocycles. The first-order chi connectivity index (χ1) is 15.6. The third-order valence-electron chi connectivity index (χ3n) is 4.87. The number of ether oxygens (including phenoxy) is 1. The Labute approximate surface area is 193 Å². The van der Waals surface area contributed by atoms with Crippen molar-refractivity contribution in [2.24, 2.45) is 0 Å². The average Bonchev–Trinajstić information content (AvgIpc) is 3.34. The normalized spacial score (nSPS) is 14.7. The Balaban J connectivity index is 1.62. The number of esters is 1. The molecule has 2 N–H and O–H groups in total. The smallest absolute Gasteiger partial charge is 0.338 e. The van der Waals surface area contributed by atoms with Crippen molar-refractivity contribution in [3.05, 3.63) is 54.1 Å². The highest BCUT2D eigenvalue weighted by molar-refractivity contribution is 7.89. The van der Waals surface area contributed by atoms with Gasteiger partial charge in [0.25, 0.3) is 5.91 Å². The highest BCUT2D eigenvalue weighted by Gasteiger charge is 2.27. The number of hydrogen-bond acceptors (Lipinski definition) is 7. The highest BCUT2D eigenvalue weighted by Crippen LogP contribution is 2.23. The Morgan fingerprint density at radius 2 is 1.64 bits per heavy atom. The number of nitrogens with zero attached hydrogens (tertiary/aromatic N) is 1. The van der Waals surface area contributed by atoms with E-state index in [9.17, 15) is 26.4 Å². The van der Waals surface area contributed by atoms with Gasteiger partial charge in [0.15, 0.2) is 6.61 Å². The first-order valence-corrected chi connectivity index (χ1v) is 13.2. The van der Waals surface area contributed by atoms with Crippen LogP contribution in [-0.4, -0.2) is 59.3 Å². The molecule has 1 aliphatic rings. The molecule has 2 aromatic carbocycles. The van der Waals surface area contributed by atoms with Gasteiger partial charge in [0.2, 0.25) is 20.0 Å². The maximum absolute atomic E-state index is 12.7. The lowest BCUT2D eigenvalue weighted by Crippen LogP contribution is -2.28. The van der Waals surface area contributed by atoms with Crippen LogP contribution in [0.15, 0.2) is 58.3 Å². The van der Waals surface area contributed by atoms with Gasteiger partial charge in [0.1, 0.15) is 0 Å². The van der Waals surface area contributed by atoms with Crippen molar-refractivity contribution in [2.75, 3.05) is 31.6 Å². The molecule has 1 heterocycles. The summed E-state index contributed by atoms with van der Waals surface area (Å²) >= 11 is 0. The molecule has 1 amide bonds. The van der Waals surface area contributed by atoms with Crippen LogP contribution in [0.4, 0.5) is 5.69 Å². The Kier molecular flexibility index (Phi) is 7.84. The van der Waals surface area contributed by atoms with Crippen LogP contribution in [0.1, 0.15) is 30.1 Å². The van der Waals surface area contributed by atoms with E-state index >= 15 is 0 Å². The highest BCUT2D eigenvalue weighted by atomic mass is 32.2. The molecule has 0 saturated carbocycles. The van der Waals surface area contributed by atoms with E-state index in [4.69, 9.17) is 4.74 Å². The number of benzene rings is 2. The summed E-state index contributed by atoms with van der Waals surface area (Å²) in [5.74, 6) is -1.54. The van der Waals surface area contributed by atoms with Crippen molar-refractivity contribution in [1.82, 2.24) is 9.03 Å². The molecule has 0 atom stereocenters. The number of carbonyl (C=O) groups excluding carboxylic acids is 2. The lowest BCUT2D eigenvalue weighted by Gasteiger charge is -2.16. The number of hydrogen-bond donors (Lipinski definition) is 2. The molecule has 3 rings (SSSR count). The molecule has 0 unspecified atom stereocenters. The minimum atomic E-state index is -3.75. The summed E-state index contributed by atoms with van der Waals surface area (Å²) in [5.41, 5.74) is 0.218. The molecule has 0 aromatic heterocycles. The maximum atomic E-state index is 12.7.